The van der Waals surface area contributed by atoms with Crippen LogP contribution in [0, 0.1) is 23.2 Å². The summed E-state index contributed by atoms with van der Waals surface area (Å²) in [5, 5.41) is 62.2. The second-order valence-corrected chi connectivity index (χ2v) is 30.1. The van der Waals surface area contributed by atoms with E-state index in [2.05, 4.69) is 101 Å². The van der Waals surface area contributed by atoms with Gasteiger partial charge in [0.2, 0.25) is 65.0 Å². The first-order chi connectivity index (χ1) is 55.0. The average Bonchev–Trinajstić information content (AvgIpc) is 1.71. The van der Waals surface area contributed by atoms with Crippen molar-refractivity contribution in [3.05, 3.63) is 162 Å². The van der Waals surface area contributed by atoms with Crippen molar-refractivity contribution in [3.8, 4) is 0 Å². The van der Waals surface area contributed by atoms with Crippen molar-refractivity contribution in [1.29, 1.82) is 5.41 Å². The first-order valence-corrected chi connectivity index (χ1v) is 38.8. The van der Waals surface area contributed by atoms with Gasteiger partial charge in [-0.3, -0.25) is 62.9 Å². The highest BCUT2D eigenvalue weighted by atomic mass is 32.1. The third-order valence-electron chi connectivity index (χ3n) is 19.1. The number of imidazole rings is 1. The third kappa shape index (κ3) is 26.8. The van der Waals surface area contributed by atoms with Gasteiger partial charge in [-0.2, -0.15) is 12.6 Å². The molecule has 115 heavy (non-hydrogen) atoms. The number of fused-ring (bicyclic) bond motifs is 3. The molecule has 616 valence electrons. The quantitative estimate of drug-likeness (QED) is 0.0110. The molecule has 0 aliphatic heterocycles. The van der Waals surface area contributed by atoms with Crippen molar-refractivity contribution in [3.63, 3.8) is 0 Å². The molecule has 0 aliphatic rings. The molecular formula is C80H106N20O14S. The molecule has 0 aliphatic carbocycles. The van der Waals surface area contributed by atoms with Gasteiger partial charge >= 0.3 is 5.97 Å². The number of rotatable bonds is 45. The van der Waals surface area contributed by atoms with Crippen LogP contribution < -0.4 is 75.3 Å². The van der Waals surface area contributed by atoms with Gasteiger partial charge in [0, 0.05) is 108 Å². The van der Waals surface area contributed by atoms with Gasteiger partial charge in [0.05, 0.1) is 19.0 Å². The number of H-pyrrole nitrogens is 4. The van der Waals surface area contributed by atoms with Crippen LogP contribution in [-0.4, -0.2) is 204 Å². The molecule has 4 heterocycles. The molecule has 0 saturated carbocycles. The van der Waals surface area contributed by atoms with Gasteiger partial charge in [-0.05, 0) is 90.3 Å². The number of nitrogens with two attached hydrogens (primary N) is 2. The molecule has 0 radical (unpaired) electrons. The Kier molecular flexibility index (Phi) is 33.3. The Labute approximate surface area is 670 Å². The van der Waals surface area contributed by atoms with Gasteiger partial charge in [0.15, 0.2) is 5.96 Å². The van der Waals surface area contributed by atoms with Gasteiger partial charge < -0.3 is 105 Å². The Morgan fingerprint density at radius 2 is 0.800 bits per heavy atom. The lowest BCUT2D eigenvalue weighted by Gasteiger charge is -2.28. The van der Waals surface area contributed by atoms with Crippen molar-refractivity contribution >= 4 is 122 Å². The second kappa shape index (κ2) is 43.2. The Bertz CT molecular complexity index is 4660. The van der Waals surface area contributed by atoms with E-state index in [-0.39, 0.29) is 93.8 Å². The average molecular weight is 1600 g/mol. The van der Waals surface area contributed by atoms with Crippen molar-refractivity contribution in [2.45, 2.75) is 172 Å². The van der Waals surface area contributed by atoms with Gasteiger partial charge in [0.1, 0.15) is 67.0 Å². The first-order valence-electron chi connectivity index (χ1n) is 38.2. The van der Waals surface area contributed by atoms with Crippen molar-refractivity contribution in [2.75, 3.05) is 25.4 Å². The van der Waals surface area contributed by atoms with E-state index >= 15 is 4.79 Å². The fraction of sp³-hybridized carbons (Fsp3) is 0.425. The van der Waals surface area contributed by atoms with Crippen molar-refractivity contribution < 1.29 is 67.7 Å². The highest BCUT2D eigenvalue weighted by molar-refractivity contribution is 7.80. The van der Waals surface area contributed by atoms with E-state index in [9.17, 15) is 63.0 Å². The van der Waals surface area contributed by atoms with Crippen LogP contribution in [-0.2, 0) is 89.6 Å². The topological polar surface area (TPSA) is 542 Å². The molecule has 0 fully saturated rings. The zero-order chi connectivity index (χ0) is 83.4. The van der Waals surface area contributed by atoms with E-state index in [4.69, 9.17) is 16.9 Å². The molecule has 8 rings (SSSR count). The summed E-state index contributed by atoms with van der Waals surface area (Å²) >= 11 is 4.49. The number of hydrogen-bond donors (Lipinski definition) is 22. The predicted molar refractivity (Wildman–Crippen MR) is 435 cm³/mol. The number of aromatic amines is 4. The molecule has 11 amide bonds. The van der Waals surface area contributed by atoms with Crippen LogP contribution in [0.2, 0.25) is 0 Å². The molecule has 0 spiro atoms. The molecule has 4 aromatic heterocycles. The number of benzene rings is 4. The summed E-state index contributed by atoms with van der Waals surface area (Å²) < 4.78 is 0. The number of guanidine groups is 1. The number of nitrogens with one attached hydrogen (secondary N) is 17. The number of aromatic nitrogens is 5. The van der Waals surface area contributed by atoms with Crippen LogP contribution in [0.5, 0.6) is 0 Å². The molecule has 4 aromatic carbocycles. The van der Waals surface area contributed by atoms with Gasteiger partial charge in [-0.25, -0.2) is 4.98 Å². The number of carboxylic acid groups (broad SMARTS) is 1. The minimum Gasteiger partial charge on any atom is -0.480 e. The maximum atomic E-state index is 15.0. The Hall–Kier alpha value is -12.1. The highest BCUT2D eigenvalue weighted by Gasteiger charge is 2.38. The first kappa shape index (κ1) is 88.5. The van der Waals surface area contributed by atoms with Crippen LogP contribution in [0.15, 0.2) is 134 Å². The standard InChI is InChI=1S/C80H106N20O14S/c1-43(2)27-54(81)69(104)92-62(31-47-35-86-55-22-13-10-19-51(47)55)74(109)97-64(33-49-37-88-57-24-15-12-21-53(49)57)76(111)100-67(41-115)79(114)95-61(30-46-17-8-7-9-18-46)73(108)98-65(34-50-38-84-42-90-50)77(112)99-66(40-101)78(113)94-60(29-45(5)6)72(107)91-58(25-16-26-85-80(82)83)71(106)96-63(32-48-36-87-56-23-14-11-20-52(48)56)75(110)93-59(28-44(3)4)70(105)89-39-68(102)103/h7-15,17-24,35-38,42-45,54,58-67,86-88,101,115H,16,25-34,39-41,81H2,1-6H3,(H,84,90)(H,89,105)(H,91,107)(H,92,104)(H,93,110)(H,94,113)(H,95,114)(H,96,106)(H,97,109)(H,98,108)(H,99,112)(H,100,111)(H,102,103)(H4,82,83,85)/t54-,58-,59-,60-,61-,62-,63-,64-,65-,66-,67-/m0/s1. The molecule has 0 unspecified atom stereocenters. The number of carbonyl (C=O) groups is 12. The van der Waals surface area contributed by atoms with E-state index in [0.717, 1.165) is 21.8 Å². The number of carbonyl (C=O) groups excluding carboxylic acids is 11. The van der Waals surface area contributed by atoms with Gasteiger partial charge in [-0.15, -0.1) is 0 Å². The normalized spacial score (nSPS) is 14.3. The maximum Gasteiger partial charge on any atom is 0.322 e. The molecule has 34 nitrogen and oxygen atoms in total. The summed E-state index contributed by atoms with van der Waals surface area (Å²) in [5.74, 6) is -12.0. The lowest BCUT2D eigenvalue weighted by molar-refractivity contribution is -0.138. The summed E-state index contributed by atoms with van der Waals surface area (Å²) in [6, 6.07) is 14.8. The van der Waals surface area contributed by atoms with Crippen LogP contribution in [0.3, 0.4) is 0 Å². The van der Waals surface area contributed by atoms with E-state index < -0.39 is 151 Å². The van der Waals surface area contributed by atoms with Crippen LogP contribution in [0.1, 0.15) is 102 Å². The van der Waals surface area contributed by atoms with Crippen LogP contribution >= 0.6 is 12.6 Å². The fourth-order valence-corrected chi connectivity index (χ4v) is 13.6. The lowest BCUT2D eigenvalue weighted by atomic mass is 10.00. The van der Waals surface area contributed by atoms with Gasteiger partial charge in [0.25, 0.3) is 0 Å². The summed E-state index contributed by atoms with van der Waals surface area (Å²) in [6.07, 6.45) is 7.28. The van der Waals surface area contributed by atoms with Crippen molar-refractivity contribution in [2.24, 2.45) is 29.2 Å². The minimum atomic E-state index is -1.82. The molecule has 35 heteroatoms. The van der Waals surface area contributed by atoms with Crippen LogP contribution in [0.4, 0.5) is 0 Å². The molecule has 11 atom stereocenters. The number of aliphatic hydroxyl groups is 1. The number of carboxylic acids is 1. The lowest BCUT2D eigenvalue weighted by Crippen LogP contribution is -2.62. The number of aliphatic hydroxyl groups excluding tert-OH is 1. The molecule has 0 saturated heterocycles. The summed E-state index contributed by atoms with van der Waals surface area (Å²) in [7, 11) is 0. The molecule has 23 N–H and O–H groups in total. The summed E-state index contributed by atoms with van der Waals surface area (Å²) in [6.45, 7) is 9.16. The monoisotopic (exact) mass is 1600 g/mol. The zero-order valence-electron chi connectivity index (χ0n) is 65.0. The smallest absolute Gasteiger partial charge is 0.322 e. The second-order valence-electron chi connectivity index (χ2n) is 29.7. The summed E-state index contributed by atoms with van der Waals surface area (Å²) in [5.41, 5.74) is 16.9. The molecule has 8 aromatic rings. The van der Waals surface area contributed by atoms with E-state index in [1.165, 1.54) is 12.5 Å². The number of para-hydroxylation sites is 3. The number of nitrogens with zero attached hydrogens (tertiary/aromatic N) is 1. The van der Waals surface area contributed by atoms with E-state index in [1.54, 1.807) is 101 Å². The summed E-state index contributed by atoms with van der Waals surface area (Å²) in [4.78, 5) is 188. The molecule has 0 bridgehead atoms. The number of thiol groups is 1. The fourth-order valence-electron chi connectivity index (χ4n) is 13.3. The third-order valence-corrected chi connectivity index (χ3v) is 19.5. The maximum absolute atomic E-state index is 15.0. The van der Waals surface area contributed by atoms with Gasteiger partial charge in [-0.1, -0.05) is 126 Å². The number of amides is 11. The predicted octanol–water partition coefficient (Wildman–Crippen LogP) is 1.07. The highest BCUT2D eigenvalue weighted by Crippen LogP contribution is 2.24. The largest absolute Gasteiger partial charge is 0.480 e. The Morgan fingerprint density at radius 3 is 1.23 bits per heavy atom. The molecular weight excluding hydrogens is 1500 g/mol. The SMILES string of the molecule is CC(C)C[C@H](NC(=O)[C@H](Cc1c[nH]c2ccccc12)NC(=O)[C@H](CCCNC(=N)N)NC(=O)[C@H](CC(C)C)NC(=O)[C@H](CO)NC(=O)[C@H](Cc1cnc[nH]1)NC(=O)[C@H](Cc1ccccc1)NC(=O)[C@H](CS)NC(=O)[C@H](Cc1c[nH]c2ccccc12)NC(=O)[C@H](Cc1c[nH]c2ccccc12)NC(=O)[C@@H](N)CC(C)C)C(=O)NCC(=O)O. The van der Waals surface area contributed by atoms with Crippen molar-refractivity contribution in [1.82, 2.24) is 88.7 Å². The number of aliphatic carboxylic acids is 1. The Balaban J connectivity index is 1.01. The minimum absolute atomic E-state index is 0.0157. The van der Waals surface area contributed by atoms with E-state index in [0.29, 0.717) is 45.3 Å². The number of hydrogen-bond acceptors (Lipinski definition) is 17. The zero-order valence-corrected chi connectivity index (χ0v) is 65.9. The van der Waals surface area contributed by atoms with Crippen LogP contribution in [0.25, 0.3) is 32.7 Å². The Morgan fingerprint density at radius 1 is 0.435 bits per heavy atom. The van der Waals surface area contributed by atoms with E-state index in [1.807, 2.05) is 62.4 Å².